The molecule has 0 spiro atoms. The number of rotatable bonds is 3. The van der Waals surface area contributed by atoms with Gasteiger partial charge in [0.05, 0.1) is 7.11 Å². The van der Waals surface area contributed by atoms with E-state index in [2.05, 4.69) is 6.58 Å². The molecule has 0 amide bonds. The molecule has 0 aliphatic rings. The molecule has 1 N–H and O–H groups in total. The molecule has 0 aromatic heterocycles. The van der Waals surface area contributed by atoms with Crippen LogP contribution in [0.15, 0.2) is 18.7 Å². The Kier molecular flexibility index (Phi) is 2.96. The lowest BCUT2D eigenvalue weighted by Crippen LogP contribution is -1.93. The van der Waals surface area contributed by atoms with Crippen molar-refractivity contribution in [3.8, 4) is 11.5 Å². The summed E-state index contributed by atoms with van der Waals surface area (Å²) in [7, 11) is 1.56. The zero-order chi connectivity index (χ0) is 9.84. The van der Waals surface area contributed by atoms with Crippen molar-refractivity contribution in [3.63, 3.8) is 0 Å². The minimum absolute atomic E-state index is 0.185. The number of phenolic OH excluding ortho intramolecular Hbond substituents is 1. The Morgan fingerprint density at radius 3 is 2.69 bits per heavy atom. The van der Waals surface area contributed by atoms with Crippen LogP contribution in [0.3, 0.4) is 0 Å². The van der Waals surface area contributed by atoms with E-state index < -0.39 is 0 Å². The average molecular weight is 178 g/mol. The van der Waals surface area contributed by atoms with E-state index in [4.69, 9.17) is 4.74 Å². The van der Waals surface area contributed by atoms with E-state index in [1.165, 1.54) is 0 Å². The Morgan fingerprint density at radius 2 is 2.23 bits per heavy atom. The average Bonchev–Trinajstić information content (AvgIpc) is 2.17. The molecule has 0 fully saturated rings. The van der Waals surface area contributed by atoms with Gasteiger partial charge in [-0.05, 0) is 18.1 Å². The summed E-state index contributed by atoms with van der Waals surface area (Å²) in [5.74, 6) is 0.741. The van der Waals surface area contributed by atoms with Crippen molar-refractivity contribution in [1.82, 2.24) is 0 Å². The third-order valence-corrected chi connectivity index (χ3v) is 2.05. The summed E-state index contributed by atoms with van der Waals surface area (Å²) >= 11 is 0. The molecule has 2 heteroatoms. The lowest BCUT2D eigenvalue weighted by Gasteiger charge is -2.11. The lowest BCUT2D eigenvalue weighted by atomic mass is 10.0. The summed E-state index contributed by atoms with van der Waals surface area (Å²) in [5.41, 5.74) is 2.01. The van der Waals surface area contributed by atoms with Crippen molar-refractivity contribution in [1.29, 1.82) is 0 Å². The predicted molar refractivity (Wildman–Crippen MR) is 54.1 cm³/mol. The highest BCUT2D eigenvalue weighted by molar-refractivity contribution is 5.60. The number of ether oxygens (including phenoxy) is 1. The van der Waals surface area contributed by atoms with Crippen LogP contribution in [0.25, 0.3) is 6.08 Å². The van der Waals surface area contributed by atoms with Crippen molar-refractivity contribution in [2.75, 3.05) is 7.11 Å². The van der Waals surface area contributed by atoms with Gasteiger partial charge in [0.2, 0.25) is 0 Å². The number of hydrogen-bond acceptors (Lipinski definition) is 2. The van der Waals surface area contributed by atoms with E-state index in [-0.39, 0.29) is 5.75 Å². The smallest absolute Gasteiger partial charge is 0.164 e. The van der Waals surface area contributed by atoms with Crippen LogP contribution in [-0.4, -0.2) is 12.2 Å². The first-order valence-electron chi connectivity index (χ1n) is 4.25. The van der Waals surface area contributed by atoms with E-state index in [1.54, 1.807) is 19.3 Å². The van der Waals surface area contributed by atoms with Crippen LogP contribution < -0.4 is 4.74 Å². The minimum Gasteiger partial charge on any atom is -0.504 e. The van der Waals surface area contributed by atoms with Crippen LogP contribution in [-0.2, 0) is 6.42 Å². The van der Waals surface area contributed by atoms with Gasteiger partial charge in [0.25, 0.3) is 0 Å². The molecular formula is C11H14O2. The maximum Gasteiger partial charge on any atom is 0.164 e. The summed E-state index contributed by atoms with van der Waals surface area (Å²) < 4.78 is 5.11. The van der Waals surface area contributed by atoms with Gasteiger partial charge in [0.15, 0.2) is 11.5 Å². The molecule has 0 saturated carbocycles. The summed E-state index contributed by atoms with van der Waals surface area (Å²) in [6, 6.07) is 3.46. The lowest BCUT2D eigenvalue weighted by molar-refractivity contribution is 0.369. The molecule has 13 heavy (non-hydrogen) atoms. The second-order valence-electron chi connectivity index (χ2n) is 2.74. The number of methoxy groups -OCH3 is 1. The van der Waals surface area contributed by atoms with Crippen LogP contribution in [0.1, 0.15) is 18.1 Å². The largest absolute Gasteiger partial charge is 0.504 e. The van der Waals surface area contributed by atoms with Crippen molar-refractivity contribution in [2.24, 2.45) is 0 Å². The molecule has 1 aromatic carbocycles. The van der Waals surface area contributed by atoms with Gasteiger partial charge in [0, 0.05) is 5.56 Å². The molecule has 0 radical (unpaired) electrons. The number of hydrogen-bond donors (Lipinski definition) is 1. The van der Waals surface area contributed by atoms with Gasteiger partial charge < -0.3 is 9.84 Å². The highest BCUT2D eigenvalue weighted by Gasteiger charge is 2.09. The highest BCUT2D eigenvalue weighted by Crippen LogP contribution is 2.33. The second-order valence-corrected chi connectivity index (χ2v) is 2.74. The van der Waals surface area contributed by atoms with E-state index >= 15 is 0 Å². The third kappa shape index (κ3) is 1.66. The fourth-order valence-electron chi connectivity index (χ4n) is 1.41. The first-order valence-corrected chi connectivity index (χ1v) is 4.25. The van der Waals surface area contributed by atoms with Crippen LogP contribution in [0.5, 0.6) is 11.5 Å². The molecule has 70 valence electrons. The Balaban J connectivity index is 3.35. The van der Waals surface area contributed by atoms with Crippen molar-refractivity contribution in [3.05, 3.63) is 29.8 Å². The van der Waals surface area contributed by atoms with Gasteiger partial charge in [-0.2, -0.15) is 0 Å². The molecule has 0 heterocycles. The van der Waals surface area contributed by atoms with E-state index in [0.29, 0.717) is 5.75 Å². The van der Waals surface area contributed by atoms with Crippen LogP contribution >= 0.6 is 0 Å². The zero-order valence-electron chi connectivity index (χ0n) is 8.00. The van der Waals surface area contributed by atoms with Crippen molar-refractivity contribution >= 4 is 6.08 Å². The van der Waals surface area contributed by atoms with Gasteiger partial charge in [-0.25, -0.2) is 0 Å². The molecule has 0 aliphatic heterocycles. The summed E-state index contributed by atoms with van der Waals surface area (Å²) in [6.07, 6.45) is 2.58. The monoisotopic (exact) mass is 178 g/mol. The molecule has 0 aliphatic carbocycles. The molecule has 0 bridgehead atoms. The maximum atomic E-state index is 9.48. The summed E-state index contributed by atoms with van der Waals surface area (Å²) in [4.78, 5) is 0. The fourth-order valence-corrected chi connectivity index (χ4v) is 1.41. The predicted octanol–water partition coefficient (Wildman–Crippen LogP) is 2.61. The Bertz CT molecular complexity index is 316. The molecule has 0 unspecified atom stereocenters. The molecule has 1 rings (SSSR count). The summed E-state index contributed by atoms with van der Waals surface area (Å²) in [5, 5.41) is 9.48. The third-order valence-electron chi connectivity index (χ3n) is 2.05. The van der Waals surface area contributed by atoms with Gasteiger partial charge in [-0.15, -0.1) is 0 Å². The quantitative estimate of drug-likeness (QED) is 0.770. The van der Waals surface area contributed by atoms with Gasteiger partial charge >= 0.3 is 0 Å². The van der Waals surface area contributed by atoms with Crippen molar-refractivity contribution in [2.45, 2.75) is 13.3 Å². The molecule has 0 saturated heterocycles. The first-order chi connectivity index (χ1) is 6.24. The van der Waals surface area contributed by atoms with Gasteiger partial charge in [-0.3, -0.25) is 0 Å². The Morgan fingerprint density at radius 1 is 1.54 bits per heavy atom. The SMILES string of the molecule is C=Cc1ccc(O)c(OC)c1CC. The second kappa shape index (κ2) is 3.99. The standard InChI is InChI=1S/C11H14O2/c1-4-8-6-7-10(12)11(13-3)9(8)5-2/h4,6-7,12H,1,5H2,2-3H3. The van der Waals surface area contributed by atoms with Crippen LogP contribution in [0.4, 0.5) is 0 Å². The normalized spacial score (nSPS) is 9.69. The molecule has 1 aromatic rings. The van der Waals surface area contributed by atoms with Gasteiger partial charge in [-0.1, -0.05) is 25.6 Å². The Labute approximate surface area is 78.5 Å². The van der Waals surface area contributed by atoms with E-state index in [1.807, 2.05) is 13.0 Å². The van der Waals surface area contributed by atoms with E-state index in [0.717, 1.165) is 17.5 Å². The molecule has 2 nitrogen and oxygen atoms in total. The van der Waals surface area contributed by atoms with Crippen molar-refractivity contribution < 1.29 is 9.84 Å². The molecule has 0 atom stereocenters. The number of phenols is 1. The van der Waals surface area contributed by atoms with Crippen LogP contribution in [0.2, 0.25) is 0 Å². The Hall–Kier alpha value is -1.44. The maximum absolute atomic E-state index is 9.48. The minimum atomic E-state index is 0.185. The summed E-state index contributed by atoms with van der Waals surface area (Å²) in [6.45, 7) is 5.73. The van der Waals surface area contributed by atoms with E-state index in [9.17, 15) is 5.11 Å². The molecular weight excluding hydrogens is 164 g/mol. The van der Waals surface area contributed by atoms with Gasteiger partial charge in [0.1, 0.15) is 0 Å². The number of benzene rings is 1. The zero-order valence-corrected chi connectivity index (χ0v) is 8.00. The fraction of sp³-hybridized carbons (Fsp3) is 0.273. The van der Waals surface area contributed by atoms with Crippen LogP contribution in [0, 0.1) is 0 Å². The first kappa shape index (κ1) is 9.65. The highest BCUT2D eigenvalue weighted by atomic mass is 16.5. The topological polar surface area (TPSA) is 29.5 Å². The number of aromatic hydroxyl groups is 1.